The van der Waals surface area contributed by atoms with E-state index in [4.69, 9.17) is 0 Å². The molecule has 1 heterocycles. The highest BCUT2D eigenvalue weighted by atomic mass is 15.2. The van der Waals surface area contributed by atoms with E-state index in [1.807, 2.05) is 0 Å². The minimum Gasteiger partial charge on any atom is -0.311 e. The third-order valence-corrected chi connectivity index (χ3v) is 4.96. The molecule has 0 bridgehead atoms. The molecule has 18 heavy (non-hydrogen) atoms. The third-order valence-electron chi connectivity index (χ3n) is 4.96. The Morgan fingerprint density at radius 3 is 2.67 bits per heavy atom. The van der Waals surface area contributed by atoms with Gasteiger partial charge < -0.3 is 5.32 Å². The van der Waals surface area contributed by atoms with Gasteiger partial charge >= 0.3 is 0 Å². The van der Waals surface area contributed by atoms with Gasteiger partial charge in [0.25, 0.3) is 0 Å². The summed E-state index contributed by atoms with van der Waals surface area (Å²) in [5, 5.41) is 3.65. The molecular weight excluding hydrogens is 220 g/mol. The summed E-state index contributed by atoms with van der Waals surface area (Å²) < 4.78 is 0. The monoisotopic (exact) mass is 252 g/mol. The van der Waals surface area contributed by atoms with E-state index in [-0.39, 0.29) is 0 Å². The predicted molar refractivity (Wildman–Crippen MR) is 78.8 cm³/mol. The number of nitrogens with one attached hydrogen (secondary N) is 1. The summed E-state index contributed by atoms with van der Waals surface area (Å²) >= 11 is 0. The van der Waals surface area contributed by atoms with Gasteiger partial charge in [-0.3, -0.25) is 4.90 Å². The zero-order chi connectivity index (χ0) is 13.1. The lowest BCUT2D eigenvalue weighted by molar-refractivity contribution is 0.0725. The fourth-order valence-electron chi connectivity index (χ4n) is 3.93. The van der Waals surface area contributed by atoms with E-state index < -0.39 is 0 Å². The van der Waals surface area contributed by atoms with Gasteiger partial charge in [-0.1, -0.05) is 33.6 Å². The van der Waals surface area contributed by atoms with E-state index in [0.29, 0.717) is 6.04 Å². The second kappa shape index (κ2) is 6.38. The molecule has 1 saturated heterocycles. The molecule has 2 nitrogen and oxygen atoms in total. The van der Waals surface area contributed by atoms with Crippen LogP contribution in [0.3, 0.4) is 0 Å². The summed E-state index contributed by atoms with van der Waals surface area (Å²) in [6, 6.07) is 1.42. The smallest absolute Gasteiger partial charge is 0.0244 e. The van der Waals surface area contributed by atoms with Crippen LogP contribution in [-0.2, 0) is 0 Å². The van der Waals surface area contributed by atoms with Gasteiger partial charge in [0.05, 0.1) is 0 Å². The Labute approximate surface area is 114 Å². The van der Waals surface area contributed by atoms with Crippen molar-refractivity contribution in [3.8, 4) is 0 Å². The van der Waals surface area contributed by atoms with Crippen molar-refractivity contribution >= 4 is 0 Å². The molecule has 0 spiro atoms. The number of hydrogen-bond donors (Lipinski definition) is 1. The first-order valence-corrected chi connectivity index (χ1v) is 8.03. The standard InChI is InChI=1S/C16H32N2/c1-12(2)16-9-17-14(4)10-18(16)11-15-7-5-6-13(3)8-15/h12-17H,5-11H2,1-4H3. The van der Waals surface area contributed by atoms with Crippen LogP contribution in [0.1, 0.15) is 53.4 Å². The van der Waals surface area contributed by atoms with E-state index in [1.165, 1.54) is 45.3 Å². The molecule has 2 rings (SSSR count). The van der Waals surface area contributed by atoms with Gasteiger partial charge in [0.1, 0.15) is 0 Å². The number of piperazine rings is 1. The molecule has 4 unspecified atom stereocenters. The van der Waals surface area contributed by atoms with Gasteiger partial charge in [0.15, 0.2) is 0 Å². The van der Waals surface area contributed by atoms with E-state index in [0.717, 1.165) is 23.8 Å². The average Bonchev–Trinajstić information content (AvgIpc) is 2.28. The largest absolute Gasteiger partial charge is 0.311 e. The second-order valence-corrected chi connectivity index (χ2v) is 7.21. The molecule has 2 fully saturated rings. The molecule has 1 aliphatic carbocycles. The Bertz CT molecular complexity index is 251. The van der Waals surface area contributed by atoms with Crippen LogP contribution in [0.5, 0.6) is 0 Å². The summed E-state index contributed by atoms with van der Waals surface area (Å²) in [5.41, 5.74) is 0. The summed E-state index contributed by atoms with van der Waals surface area (Å²) in [4.78, 5) is 2.79. The van der Waals surface area contributed by atoms with Crippen molar-refractivity contribution in [3.63, 3.8) is 0 Å². The Morgan fingerprint density at radius 2 is 2.00 bits per heavy atom. The molecule has 1 aliphatic heterocycles. The van der Waals surface area contributed by atoms with E-state index in [2.05, 4.69) is 37.9 Å². The lowest BCUT2D eigenvalue weighted by Crippen LogP contribution is -2.58. The molecule has 4 atom stereocenters. The van der Waals surface area contributed by atoms with Crippen LogP contribution in [-0.4, -0.2) is 36.6 Å². The summed E-state index contributed by atoms with van der Waals surface area (Å²) in [6.07, 6.45) is 5.85. The first-order valence-electron chi connectivity index (χ1n) is 8.03. The minimum atomic E-state index is 0.668. The highest BCUT2D eigenvalue weighted by Gasteiger charge is 2.30. The lowest BCUT2D eigenvalue weighted by atomic mass is 9.81. The lowest BCUT2D eigenvalue weighted by Gasteiger charge is -2.44. The summed E-state index contributed by atoms with van der Waals surface area (Å²) in [5.74, 6) is 2.69. The van der Waals surface area contributed by atoms with Gasteiger partial charge in [0.2, 0.25) is 0 Å². The molecule has 1 saturated carbocycles. The van der Waals surface area contributed by atoms with Crippen LogP contribution in [0.4, 0.5) is 0 Å². The molecule has 106 valence electrons. The van der Waals surface area contributed by atoms with Crippen molar-refractivity contribution in [3.05, 3.63) is 0 Å². The Kier molecular flexibility index (Phi) is 5.08. The van der Waals surface area contributed by atoms with E-state index in [1.54, 1.807) is 0 Å². The summed E-state index contributed by atoms with van der Waals surface area (Å²) in [7, 11) is 0. The molecule has 1 N–H and O–H groups in total. The van der Waals surface area contributed by atoms with Crippen LogP contribution < -0.4 is 5.32 Å². The van der Waals surface area contributed by atoms with Crippen LogP contribution in [0.25, 0.3) is 0 Å². The van der Waals surface area contributed by atoms with Crippen LogP contribution >= 0.6 is 0 Å². The zero-order valence-electron chi connectivity index (χ0n) is 12.8. The molecule has 2 aliphatic rings. The molecule has 2 heteroatoms. The van der Waals surface area contributed by atoms with E-state index >= 15 is 0 Å². The fourth-order valence-corrected chi connectivity index (χ4v) is 3.93. The average molecular weight is 252 g/mol. The van der Waals surface area contributed by atoms with Crippen LogP contribution in [0.15, 0.2) is 0 Å². The van der Waals surface area contributed by atoms with Crippen molar-refractivity contribution in [2.45, 2.75) is 65.5 Å². The van der Waals surface area contributed by atoms with Crippen molar-refractivity contribution in [2.24, 2.45) is 17.8 Å². The van der Waals surface area contributed by atoms with Crippen molar-refractivity contribution < 1.29 is 0 Å². The molecule has 0 aromatic rings. The molecule has 0 radical (unpaired) electrons. The second-order valence-electron chi connectivity index (χ2n) is 7.21. The van der Waals surface area contributed by atoms with Crippen LogP contribution in [0, 0.1) is 17.8 Å². The van der Waals surface area contributed by atoms with E-state index in [9.17, 15) is 0 Å². The topological polar surface area (TPSA) is 15.3 Å². The number of hydrogen-bond acceptors (Lipinski definition) is 2. The normalized spacial score (nSPS) is 39.2. The maximum atomic E-state index is 3.65. The van der Waals surface area contributed by atoms with Crippen molar-refractivity contribution in [1.29, 1.82) is 0 Å². The Morgan fingerprint density at radius 1 is 1.22 bits per heavy atom. The van der Waals surface area contributed by atoms with Crippen LogP contribution in [0.2, 0.25) is 0 Å². The van der Waals surface area contributed by atoms with Crippen molar-refractivity contribution in [1.82, 2.24) is 10.2 Å². The van der Waals surface area contributed by atoms with Gasteiger partial charge in [0, 0.05) is 31.7 Å². The maximum Gasteiger partial charge on any atom is 0.0244 e. The highest BCUT2D eigenvalue weighted by Crippen LogP contribution is 2.30. The maximum absolute atomic E-state index is 3.65. The molecule has 0 aromatic heterocycles. The predicted octanol–water partition coefficient (Wildman–Crippen LogP) is 3.13. The zero-order valence-corrected chi connectivity index (χ0v) is 12.8. The van der Waals surface area contributed by atoms with Crippen molar-refractivity contribution in [2.75, 3.05) is 19.6 Å². The van der Waals surface area contributed by atoms with Gasteiger partial charge in [-0.25, -0.2) is 0 Å². The van der Waals surface area contributed by atoms with Gasteiger partial charge in [-0.05, 0) is 37.5 Å². The quantitative estimate of drug-likeness (QED) is 0.830. The minimum absolute atomic E-state index is 0.668. The number of rotatable bonds is 3. The Balaban J connectivity index is 1.91. The Hall–Kier alpha value is -0.0800. The highest BCUT2D eigenvalue weighted by molar-refractivity contribution is 4.87. The number of nitrogens with zero attached hydrogens (tertiary/aromatic N) is 1. The molecule has 0 amide bonds. The third kappa shape index (κ3) is 3.71. The summed E-state index contributed by atoms with van der Waals surface area (Å²) in [6.45, 7) is 13.3. The first kappa shape index (κ1) is 14.3. The molecular formula is C16H32N2. The SMILES string of the molecule is CC1CCCC(CN2CC(C)NCC2C(C)C)C1. The molecule has 0 aromatic carbocycles. The van der Waals surface area contributed by atoms with Gasteiger partial charge in [-0.15, -0.1) is 0 Å². The first-order chi connectivity index (χ1) is 8.56. The van der Waals surface area contributed by atoms with Gasteiger partial charge in [-0.2, -0.15) is 0 Å². The fraction of sp³-hybridized carbons (Fsp3) is 1.00.